The summed E-state index contributed by atoms with van der Waals surface area (Å²) >= 11 is 5.82. The molecule has 0 aliphatic carbocycles. The molecule has 0 atom stereocenters. The van der Waals surface area contributed by atoms with Gasteiger partial charge in [0.05, 0.1) is 15.6 Å². The molecule has 1 rings (SSSR count). The van der Waals surface area contributed by atoms with Gasteiger partial charge in [0.15, 0.2) is 0 Å². The zero-order chi connectivity index (χ0) is 15.1. The lowest BCUT2D eigenvalue weighted by molar-refractivity contribution is -0.384. The van der Waals surface area contributed by atoms with E-state index >= 15 is 0 Å². The van der Waals surface area contributed by atoms with Gasteiger partial charge in [0.25, 0.3) is 5.69 Å². The third-order valence-corrected chi connectivity index (χ3v) is 2.79. The van der Waals surface area contributed by atoms with Crippen molar-refractivity contribution in [3.63, 3.8) is 0 Å². The number of hydrogen-bond acceptors (Lipinski definition) is 4. The molecule has 1 aromatic carbocycles. The molecule has 0 saturated heterocycles. The molecule has 0 spiro atoms. The molecule has 1 amide bonds. The van der Waals surface area contributed by atoms with Crippen molar-refractivity contribution in [2.75, 3.05) is 5.32 Å². The van der Waals surface area contributed by atoms with Gasteiger partial charge >= 0.3 is 5.97 Å². The highest BCUT2D eigenvalue weighted by atomic mass is 35.5. The number of nitro benzene ring substituents is 1. The van der Waals surface area contributed by atoms with Gasteiger partial charge in [-0.25, -0.2) is 0 Å². The summed E-state index contributed by atoms with van der Waals surface area (Å²) in [6, 6.07) is 3.75. The molecule has 0 fully saturated rings. The number of carbonyl (C=O) groups is 2. The Kier molecular flexibility index (Phi) is 5.92. The number of carboxylic acids is 1. The highest BCUT2D eigenvalue weighted by Gasteiger charge is 2.11. The predicted molar refractivity (Wildman–Crippen MR) is 72.8 cm³/mol. The van der Waals surface area contributed by atoms with Crippen LogP contribution in [0.1, 0.15) is 25.7 Å². The molecule has 0 heterocycles. The lowest BCUT2D eigenvalue weighted by Crippen LogP contribution is -2.11. The Morgan fingerprint density at radius 2 is 1.95 bits per heavy atom. The third-order valence-electron chi connectivity index (χ3n) is 2.48. The zero-order valence-electron chi connectivity index (χ0n) is 10.5. The maximum atomic E-state index is 11.6. The first-order chi connectivity index (χ1) is 9.40. The summed E-state index contributed by atoms with van der Waals surface area (Å²) in [5.41, 5.74) is 0.134. The number of halogens is 1. The van der Waals surface area contributed by atoms with Crippen LogP contribution in [0.15, 0.2) is 18.2 Å². The molecule has 20 heavy (non-hydrogen) atoms. The number of benzene rings is 1. The average molecular weight is 301 g/mol. The Hall–Kier alpha value is -2.15. The van der Waals surface area contributed by atoms with Crippen LogP contribution in [0, 0.1) is 10.1 Å². The molecule has 0 aliphatic rings. The number of amides is 1. The van der Waals surface area contributed by atoms with Gasteiger partial charge in [-0.2, -0.15) is 0 Å². The first-order valence-electron chi connectivity index (χ1n) is 5.85. The van der Waals surface area contributed by atoms with Crippen LogP contribution in [0.5, 0.6) is 0 Å². The van der Waals surface area contributed by atoms with Crippen LogP contribution in [-0.4, -0.2) is 21.9 Å². The quantitative estimate of drug-likeness (QED) is 0.457. The van der Waals surface area contributed by atoms with E-state index in [-0.39, 0.29) is 29.5 Å². The molecule has 8 heteroatoms. The fourth-order valence-electron chi connectivity index (χ4n) is 1.49. The molecule has 2 N–H and O–H groups in total. The van der Waals surface area contributed by atoms with Crippen molar-refractivity contribution in [1.82, 2.24) is 0 Å². The van der Waals surface area contributed by atoms with Crippen LogP contribution in [0.4, 0.5) is 11.4 Å². The number of aliphatic carboxylic acids is 1. The lowest BCUT2D eigenvalue weighted by atomic mass is 10.2. The number of carboxylic acid groups (broad SMARTS) is 1. The van der Waals surface area contributed by atoms with Crippen LogP contribution in [0.3, 0.4) is 0 Å². The smallest absolute Gasteiger partial charge is 0.303 e. The molecular weight excluding hydrogens is 288 g/mol. The van der Waals surface area contributed by atoms with Crippen molar-refractivity contribution in [3.8, 4) is 0 Å². The minimum Gasteiger partial charge on any atom is -0.481 e. The van der Waals surface area contributed by atoms with Gasteiger partial charge in [-0.05, 0) is 18.9 Å². The maximum absolute atomic E-state index is 11.6. The number of rotatable bonds is 7. The van der Waals surface area contributed by atoms with Gasteiger partial charge in [0, 0.05) is 25.0 Å². The second-order valence-corrected chi connectivity index (χ2v) is 4.48. The molecule has 0 radical (unpaired) electrons. The van der Waals surface area contributed by atoms with Crippen LogP contribution < -0.4 is 5.32 Å². The summed E-state index contributed by atoms with van der Waals surface area (Å²) in [5, 5.41) is 21.6. The molecule has 108 valence electrons. The summed E-state index contributed by atoms with van der Waals surface area (Å²) in [4.78, 5) is 31.8. The van der Waals surface area contributed by atoms with Crippen LogP contribution in [-0.2, 0) is 9.59 Å². The molecule has 0 aromatic heterocycles. The largest absolute Gasteiger partial charge is 0.481 e. The van der Waals surface area contributed by atoms with Crippen molar-refractivity contribution >= 4 is 34.9 Å². The highest BCUT2D eigenvalue weighted by molar-refractivity contribution is 6.33. The van der Waals surface area contributed by atoms with Crippen molar-refractivity contribution in [2.45, 2.75) is 25.7 Å². The minimum atomic E-state index is -0.899. The number of nitrogens with zero attached hydrogens (tertiary/aromatic N) is 1. The SMILES string of the molecule is O=C(O)CCCCC(=O)Nc1ccc([N+](=O)[O-])cc1Cl. The Morgan fingerprint density at radius 1 is 1.30 bits per heavy atom. The first kappa shape index (κ1) is 15.9. The summed E-state index contributed by atoms with van der Waals surface area (Å²) < 4.78 is 0. The number of anilines is 1. The molecular formula is C12H13ClN2O5. The number of unbranched alkanes of at least 4 members (excludes halogenated alkanes) is 1. The monoisotopic (exact) mass is 300 g/mol. The van der Waals surface area contributed by atoms with E-state index in [9.17, 15) is 19.7 Å². The summed E-state index contributed by atoms with van der Waals surface area (Å²) in [6.45, 7) is 0. The normalized spacial score (nSPS) is 10.1. The second kappa shape index (κ2) is 7.44. The van der Waals surface area contributed by atoms with Gasteiger partial charge in [0.1, 0.15) is 0 Å². The second-order valence-electron chi connectivity index (χ2n) is 4.07. The van der Waals surface area contributed by atoms with E-state index in [4.69, 9.17) is 16.7 Å². The maximum Gasteiger partial charge on any atom is 0.303 e. The number of carbonyl (C=O) groups excluding carboxylic acids is 1. The van der Waals surface area contributed by atoms with Gasteiger partial charge in [-0.15, -0.1) is 0 Å². The first-order valence-corrected chi connectivity index (χ1v) is 6.23. The zero-order valence-corrected chi connectivity index (χ0v) is 11.2. The number of nitrogens with one attached hydrogen (secondary N) is 1. The van der Waals surface area contributed by atoms with Gasteiger partial charge < -0.3 is 10.4 Å². The van der Waals surface area contributed by atoms with E-state index in [2.05, 4.69) is 5.32 Å². The van der Waals surface area contributed by atoms with Crippen LogP contribution in [0.2, 0.25) is 5.02 Å². The fourth-order valence-corrected chi connectivity index (χ4v) is 1.72. The van der Waals surface area contributed by atoms with E-state index in [1.807, 2.05) is 0 Å². The van der Waals surface area contributed by atoms with E-state index in [1.165, 1.54) is 12.1 Å². The van der Waals surface area contributed by atoms with Crippen molar-refractivity contribution < 1.29 is 19.6 Å². The number of hydrogen-bond donors (Lipinski definition) is 2. The lowest BCUT2D eigenvalue weighted by Gasteiger charge is -2.06. The van der Waals surface area contributed by atoms with Crippen LogP contribution >= 0.6 is 11.6 Å². The number of nitro groups is 1. The summed E-state index contributed by atoms with van der Waals surface area (Å²) in [7, 11) is 0. The van der Waals surface area contributed by atoms with E-state index in [0.29, 0.717) is 18.5 Å². The minimum absolute atomic E-state index is 0.0194. The van der Waals surface area contributed by atoms with E-state index in [0.717, 1.165) is 6.07 Å². The molecule has 0 saturated carbocycles. The number of non-ortho nitro benzene ring substituents is 1. The Morgan fingerprint density at radius 3 is 2.50 bits per heavy atom. The Balaban J connectivity index is 2.50. The standard InChI is InChI=1S/C12H13ClN2O5/c13-9-7-8(15(19)20)5-6-10(9)14-11(16)3-1-2-4-12(17)18/h5-7H,1-4H2,(H,14,16)(H,17,18). The van der Waals surface area contributed by atoms with E-state index < -0.39 is 10.9 Å². The van der Waals surface area contributed by atoms with Crippen molar-refractivity contribution in [2.24, 2.45) is 0 Å². The van der Waals surface area contributed by atoms with Crippen molar-refractivity contribution in [1.29, 1.82) is 0 Å². The van der Waals surface area contributed by atoms with Crippen molar-refractivity contribution in [3.05, 3.63) is 33.3 Å². The summed E-state index contributed by atoms with van der Waals surface area (Å²) in [6.07, 6.45) is 1.05. The van der Waals surface area contributed by atoms with E-state index in [1.54, 1.807) is 0 Å². The third kappa shape index (κ3) is 5.23. The molecule has 1 aromatic rings. The average Bonchev–Trinajstić information content (AvgIpc) is 2.36. The molecule has 0 aliphatic heterocycles. The van der Waals surface area contributed by atoms with Crippen LogP contribution in [0.25, 0.3) is 0 Å². The predicted octanol–water partition coefficient (Wildman–Crippen LogP) is 2.83. The topological polar surface area (TPSA) is 110 Å². The molecule has 0 bridgehead atoms. The highest BCUT2D eigenvalue weighted by Crippen LogP contribution is 2.26. The molecule has 0 unspecified atom stereocenters. The Labute approximate surface area is 119 Å². The fraction of sp³-hybridized carbons (Fsp3) is 0.333. The molecule has 7 nitrogen and oxygen atoms in total. The van der Waals surface area contributed by atoms with Gasteiger partial charge in [-0.1, -0.05) is 11.6 Å². The van der Waals surface area contributed by atoms with Gasteiger partial charge in [0.2, 0.25) is 5.91 Å². The van der Waals surface area contributed by atoms with Gasteiger partial charge in [-0.3, -0.25) is 19.7 Å². The Bertz CT molecular complexity index is 533. The summed E-state index contributed by atoms with van der Waals surface area (Å²) in [5.74, 6) is -1.21.